The summed E-state index contributed by atoms with van der Waals surface area (Å²) in [7, 11) is 3.73. The molecule has 47 heavy (non-hydrogen) atoms. The van der Waals surface area contributed by atoms with Crippen molar-refractivity contribution in [1.82, 2.24) is 44.9 Å². The number of nitrogens with zero attached hydrogens (tertiary/aromatic N) is 9. The summed E-state index contributed by atoms with van der Waals surface area (Å²) >= 11 is 0. The molecule has 1 aromatic carbocycles. The molecule has 0 bridgehead atoms. The SMILES string of the molecule is CNC(=O)c1ccn(-c2nc(-c3noc4c3CCCC43CCCc4ccc(N)c(C#N)c43)nc3c2cnn3C(C)C2CCCN2C)n1. The number of likely N-dealkylation sites (tertiary alicyclic amines) is 1. The fourth-order valence-electron chi connectivity index (χ4n) is 8.38. The molecular formula is C34H37N11O2. The third kappa shape index (κ3) is 4.38. The molecule has 3 atom stereocenters. The smallest absolute Gasteiger partial charge is 0.271 e. The highest BCUT2D eigenvalue weighted by atomic mass is 16.5. The summed E-state index contributed by atoms with van der Waals surface area (Å²) in [5.41, 5.74) is 11.5. The van der Waals surface area contributed by atoms with Gasteiger partial charge in [0.1, 0.15) is 6.07 Å². The summed E-state index contributed by atoms with van der Waals surface area (Å²) in [6.07, 6.45) is 10.9. The van der Waals surface area contributed by atoms with Crippen LogP contribution in [0.3, 0.4) is 0 Å². The molecule has 1 saturated heterocycles. The standard InChI is InChI=1S/C34H37N11O2/c1-19(26-9-6-15-43(26)3)45-32-23(18-38-45)31(44-16-12-25(41-44)33(46)37-2)39-30(40-32)28-21-8-5-14-34(29(21)47-42-28)13-4-7-20-10-11-24(36)22(17-35)27(20)34/h10-12,16,18-19,26H,4-9,13-15,36H2,1-3H3,(H,37,46). The van der Waals surface area contributed by atoms with E-state index in [-0.39, 0.29) is 17.6 Å². The monoisotopic (exact) mass is 631 g/mol. The second kappa shape index (κ2) is 11.0. The van der Waals surface area contributed by atoms with Crippen molar-refractivity contribution in [3.63, 3.8) is 0 Å². The van der Waals surface area contributed by atoms with Gasteiger partial charge in [0.25, 0.3) is 5.91 Å². The number of nitrogens with two attached hydrogens (primary N) is 1. The fourth-order valence-corrected chi connectivity index (χ4v) is 8.38. The molecule has 4 aromatic heterocycles. The Bertz CT molecular complexity index is 2080. The van der Waals surface area contributed by atoms with Gasteiger partial charge < -0.3 is 20.5 Å². The number of benzene rings is 1. The Morgan fingerprint density at radius 1 is 1.19 bits per heavy atom. The van der Waals surface area contributed by atoms with Crippen molar-refractivity contribution < 1.29 is 9.32 Å². The Hall–Kier alpha value is -5.09. The number of carbonyl (C=O) groups excluding carboxylic acids is 1. The number of hydrogen-bond donors (Lipinski definition) is 2. The zero-order chi connectivity index (χ0) is 32.4. The lowest BCUT2D eigenvalue weighted by molar-refractivity contribution is 0.0957. The van der Waals surface area contributed by atoms with Crippen LogP contribution < -0.4 is 11.1 Å². The van der Waals surface area contributed by atoms with E-state index in [2.05, 4.69) is 46.6 Å². The van der Waals surface area contributed by atoms with Gasteiger partial charge in [-0.2, -0.15) is 15.5 Å². The predicted molar refractivity (Wildman–Crippen MR) is 174 cm³/mol. The molecule has 3 unspecified atom stereocenters. The molecule has 13 heteroatoms. The molecule has 240 valence electrons. The molecule has 1 aliphatic heterocycles. The summed E-state index contributed by atoms with van der Waals surface area (Å²) in [6.45, 7) is 3.23. The van der Waals surface area contributed by atoms with Crippen LogP contribution in [0.1, 0.15) is 90.0 Å². The van der Waals surface area contributed by atoms with Crippen LogP contribution in [-0.4, -0.2) is 72.2 Å². The van der Waals surface area contributed by atoms with E-state index < -0.39 is 5.41 Å². The lowest BCUT2D eigenvalue weighted by Crippen LogP contribution is -2.36. The summed E-state index contributed by atoms with van der Waals surface area (Å²) in [5, 5.41) is 27.6. The van der Waals surface area contributed by atoms with E-state index in [1.165, 1.54) is 0 Å². The number of anilines is 1. The zero-order valence-electron chi connectivity index (χ0n) is 26.8. The van der Waals surface area contributed by atoms with Gasteiger partial charge in [0, 0.05) is 30.5 Å². The highest BCUT2D eigenvalue weighted by molar-refractivity contribution is 5.92. The van der Waals surface area contributed by atoms with Gasteiger partial charge >= 0.3 is 0 Å². The van der Waals surface area contributed by atoms with Gasteiger partial charge in [-0.3, -0.25) is 4.79 Å². The molecule has 5 aromatic rings. The van der Waals surface area contributed by atoms with Crippen LogP contribution in [0, 0.1) is 11.3 Å². The Morgan fingerprint density at radius 2 is 2.02 bits per heavy atom. The van der Waals surface area contributed by atoms with E-state index in [1.54, 1.807) is 30.2 Å². The molecule has 1 amide bonds. The van der Waals surface area contributed by atoms with Gasteiger partial charge in [0.15, 0.2) is 34.4 Å². The minimum absolute atomic E-state index is 0.0535. The van der Waals surface area contributed by atoms with Gasteiger partial charge in [-0.05, 0) is 95.1 Å². The maximum Gasteiger partial charge on any atom is 0.271 e. The number of nitrogens with one attached hydrogen (secondary N) is 1. The lowest BCUT2D eigenvalue weighted by Gasteiger charge is -2.41. The summed E-state index contributed by atoms with van der Waals surface area (Å²) in [6, 6.07) is 8.33. The number of amides is 1. The van der Waals surface area contributed by atoms with Gasteiger partial charge in [0.2, 0.25) is 0 Å². The van der Waals surface area contributed by atoms with E-state index in [1.807, 2.05) is 10.7 Å². The molecule has 3 aliphatic rings. The Labute approximate surface area is 271 Å². The predicted octanol–water partition coefficient (Wildman–Crippen LogP) is 4.09. The van der Waals surface area contributed by atoms with Gasteiger partial charge in [0.05, 0.1) is 28.6 Å². The van der Waals surface area contributed by atoms with E-state index in [0.29, 0.717) is 40.3 Å². The van der Waals surface area contributed by atoms with Crippen molar-refractivity contribution in [2.45, 2.75) is 75.8 Å². The Morgan fingerprint density at radius 3 is 2.79 bits per heavy atom. The quantitative estimate of drug-likeness (QED) is 0.269. The van der Waals surface area contributed by atoms with E-state index in [4.69, 9.17) is 25.3 Å². The maximum atomic E-state index is 12.4. The van der Waals surface area contributed by atoms with Crippen LogP contribution in [-0.2, 0) is 18.3 Å². The normalized spacial score (nSPS) is 21.4. The molecule has 5 heterocycles. The lowest BCUT2D eigenvalue weighted by atomic mass is 9.61. The molecule has 2 aliphatic carbocycles. The minimum Gasteiger partial charge on any atom is -0.398 e. The summed E-state index contributed by atoms with van der Waals surface area (Å²) < 4.78 is 9.89. The Kier molecular flexibility index (Phi) is 6.87. The third-order valence-corrected chi connectivity index (χ3v) is 10.6. The van der Waals surface area contributed by atoms with Crippen LogP contribution in [0.15, 0.2) is 35.1 Å². The topological polar surface area (TPSA) is 170 Å². The maximum absolute atomic E-state index is 12.4. The number of rotatable bonds is 5. The first-order chi connectivity index (χ1) is 22.8. The molecule has 0 saturated carbocycles. The van der Waals surface area contributed by atoms with Crippen LogP contribution in [0.25, 0.3) is 28.4 Å². The second-order valence-corrected chi connectivity index (χ2v) is 13.2. The average Bonchev–Trinajstić information content (AvgIpc) is 3.90. The van der Waals surface area contributed by atoms with Crippen molar-refractivity contribution in [2.24, 2.45) is 0 Å². The summed E-state index contributed by atoms with van der Waals surface area (Å²) in [5.74, 6) is 1.40. The number of aryl methyl sites for hydroxylation is 1. The number of likely N-dealkylation sites (N-methyl/N-ethyl adjacent to an activating group) is 1. The Balaban J connectivity index is 1.32. The van der Waals surface area contributed by atoms with Gasteiger partial charge in [-0.1, -0.05) is 11.2 Å². The van der Waals surface area contributed by atoms with Crippen molar-refractivity contribution in [1.29, 1.82) is 5.26 Å². The number of carbonyl (C=O) groups is 1. The van der Waals surface area contributed by atoms with Gasteiger partial charge in [-0.15, -0.1) is 0 Å². The van der Waals surface area contributed by atoms with Crippen LogP contribution in [0.4, 0.5) is 5.69 Å². The molecular weight excluding hydrogens is 594 g/mol. The molecule has 1 fully saturated rings. The fraction of sp³-hybridized carbons (Fsp3) is 0.441. The molecule has 1 spiro atoms. The van der Waals surface area contributed by atoms with E-state index in [9.17, 15) is 10.1 Å². The first-order valence-corrected chi connectivity index (χ1v) is 16.4. The van der Waals surface area contributed by atoms with Crippen LogP contribution in [0.2, 0.25) is 0 Å². The third-order valence-electron chi connectivity index (χ3n) is 10.6. The number of nitrogen functional groups attached to an aromatic ring is 1. The van der Waals surface area contributed by atoms with Gasteiger partial charge in [-0.25, -0.2) is 19.3 Å². The number of fused-ring (bicyclic) bond motifs is 5. The van der Waals surface area contributed by atoms with Crippen molar-refractivity contribution >= 4 is 22.6 Å². The number of aromatic nitrogens is 7. The zero-order valence-corrected chi connectivity index (χ0v) is 26.8. The molecule has 3 N–H and O–H groups in total. The van der Waals surface area contributed by atoms with Crippen molar-refractivity contribution in [2.75, 3.05) is 26.4 Å². The first kappa shape index (κ1) is 29.3. The van der Waals surface area contributed by atoms with Crippen molar-refractivity contribution in [3.05, 3.63) is 64.3 Å². The minimum atomic E-state index is -0.493. The summed E-state index contributed by atoms with van der Waals surface area (Å²) in [4.78, 5) is 25.0. The van der Waals surface area contributed by atoms with Crippen LogP contribution in [0.5, 0.6) is 0 Å². The van der Waals surface area contributed by atoms with E-state index in [0.717, 1.165) is 85.7 Å². The largest absolute Gasteiger partial charge is 0.398 e. The molecule has 13 nitrogen and oxygen atoms in total. The second-order valence-electron chi connectivity index (χ2n) is 13.2. The average molecular weight is 632 g/mol. The van der Waals surface area contributed by atoms with E-state index >= 15 is 0 Å². The van der Waals surface area contributed by atoms with Crippen molar-refractivity contribution in [3.8, 4) is 23.4 Å². The number of nitriles is 1. The first-order valence-electron chi connectivity index (χ1n) is 16.4. The highest BCUT2D eigenvalue weighted by Gasteiger charge is 2.48. The highest BCUT2D eigenvalue weighted by Crippen LogP contribution is 2.53. The number of hydrogen-bond acceptors (Lipinski definition) is 10. The molecule has 8 rings (SSSR count). The molecule has 0 radical (unpaired) electrons. The van der Waals surface area contributed by atoms with Crippen LogP contribution >= 0.6 is 0 Å².